The molecule has 1 aromatic carbocycles. The molecule has 0 atom stereocenters. The first-order valence-electron chi connectivity index (χ1n) is 8.28. The third-order valence-electron chi connectivity index (χ3n) is 4.13. The molecule has 134 valence electrons. The van der Waals surface area contributed by atoms with E-state index >= 15 is 0 Å². The lowest BCUT2D eigenvalue weighted by Crippen LogP contribution is -2.26. The van der Waals surface area contributed by atoms with E-state index in [1.165, 1.54) is 23.5 Å². The number of rotatable bonds is 7. The third kappa shape index (κ3) is 3.66. The molecule has 0 bridgehead atoms. The Morgan fingerprint density at radius 1 is 1.35 bits per heavy atom. The third-order valence-corrected chi connectivity index (χ3v) is 5.00. The van der Waals surface area contributed by atoms with Gasteiger partial charge in [-0.2, -0.15) is 5.26 Å². The highest BCUT2D eigenvalue weighted by molar-refractivity contribution is 7.17. The fourth-order valence-electron chi connectivity index (χ4n) is 2.84. The summed E-state index contributed by atoms with van der Waals surface area (Å²) in [6, 6.07) is 8.18. The number of nitriles is 1. The molecule has 0 fully saturated rings. The minimum atomic E-state index is -0.317. The van der Waals surface area contributed by atoms with Crippen molar-refractivity contribution in [3.63, 3.8) is 0 Å². The Kier molecular flexibility index (Phi) is 5.76. The number of hydrogen-bond donors (Lipinski definition) is 0. The van der Waals surface area contributed by atoms with Crippen LogP contribution in [0.15, 0.2) is 34.4 Å². The van der Waals surface area contributed by atoms with Crippen LogP contribution < -0.4 is 5.56 Å². The number of ether oxygens (including phenoxy) is 1. The van der Waals surface area contributed by atoms with E-state index in [1.807, 2.05) is 5.38 Å². The van der Waals surface area contributed by atoms with Crippen LogP contribution in [0.3, 0.4) is 0 Å². The highest BCUT2D eigenvalue weighted by atomic mass is 32.1. The Hall–Kier alpha value is -2.56. The standard InChI is InChI=1S/C19H18FN3O2S/c1-25-11-8-16-22-18-17(19(24)23(16)10-3-2-9-21)15(12-26-18)13-4-6-14(20)7-5-13/h4-7,12H,2-3,8,10-11H2,1H3. The van der Waals surface area contributed by atoms with Crippen molar-refractivity contribution in [1.29, 1.82) is 5.26 Å². The summed E-state index contributed by atoms with van der Waals surface area (Å²) in [6.07, 6.45) is 1.49. The molecular formula is C19H18FN3O2S. The zero-order valence-corrected chi connectivity index (χ0v) is 15.2. The van der Waals surface area contributed by atoms with Crippen LogP contribution in [-0.4, -0.2) is 23.3 Å². The molecule has 3 aromatic rings. The van der Waals surface area contributed by atoms with E-state index in [9.17, 15) is 9.18 Å². The summed E-state index contributed by atoms with van der Waals surface area (Å²) in [5.74, 6) is 0.344. The van der Waals surface area contributed by atoms with Gasteiger partial charge in [-0.1, -0.05) is 12.1 Å². The predicted octanol–water partition coefficient (Wildman–Crippen LogP) is 3.76. The molecule has 0 amide bonds. The number of halogens is 1. The molecule has 0 aliphatic rings. The van der Waals surface area contributed by atoms with Gasteiger partial charge in [0.2, 0.25) is 0 Å². The van der Waals surface area contributed by atoms with Crippen molar-refractivity contribution in [3.8, 4) is 17.2 Å². The van der Waals surface area contributed by atoms with Crippen molar-refractivity contribution >= 4 is 21.6 Å². The van der Waals surface area contributed by atoms with E-state index in [1.54, 1.807) is 23.8 Å². The smallest absolute Gasteiger partial charge is 0.262 e. The first kappa shape index (κ1) is 18.2. The van der Waals surface area contributed by atoms with Crippen LogP contribution in [0.25, 0.3) is 21.3 Å². The molecule has 26 heavy (non-hydrogen) atoms. The summed E-state index contributed by atoms with van der Waals surface area (Å²) in [6.45, 7) is 0.902. The van der Waals surface area contributed by atoms with E-state index in [4.69, 9.17) is 10.00 Å². The fraction of sp³-hybridized carbons (Fsp3) is 0.316. The highest BCUT2D eigenvalue weighted by Gasteiger charge is 2.17. The molecule has 0 unspecified atom stereocenters. The minimum Gasteiger partial charge on any atom is -0.384 e. The van der Waals surface area contributed by atoms with Gasteiger partial charge in [-0.3, -0.25) is 9.36 Å². The monoisotopic (exact) mass is 371 g/mol. The van der Waals surface area contributed by atoms with Gasteiger partial charge in [-0.25, -0.2) is 9.37 Å². The molecule has 7 heteroatoms. The highest BCUT2D eigenvalue weighted by Crippen LogP contribution is 2.31. The van der Waals surface area contributed by atoms with Crippen molar-refractivity contribution in [3.05, 3.63) is 51.6 Å². The molecular weight excluding hydrogens is 353 g/mol. The van der Waals surface area contributed by atoms with Crippen LogP contribution in [0.2, 0.25) is 0 Å². The lowest BCUT2D eigenvalue weighted by Gasteiger charge is -2.12. The minimum absolute atomic E-state index is 0.125. The van der Waals surface area contributed by atoms with Gasteiger partial charge in [0.25, 0.3) is 5.56 Å². The van der Waals surface area contributed by atoms with E-state index < -0.39 is 0 Å². The van der Waals surface area contributed by atoms with Crippen molar-refractivity contribution in [2.75, 3.05) is 13.7 Å². The van der Waals surface area contributed by atoms with Gasteiger partial charge in [0.1, 0.15) is 16.5 Å². The maximum Gasteiger partial charge on any atom is 0.262 e. The molecule has 2 heterocycles. The Balaban J connectivity index is 2.13. The number of aromatic nitrogens is 2. The van der Waals surface area contributed by atoms with E-state index in [-0.39, 0.29) is 11.4 Å². The van der Waals surface area contributed by atoms with Gasteiger partial charge in [0.05, 0.1) is 18.1 Å². The normalized spacial score (nSPS) is 11.0. The van der Waals surface area contributed by atoms with Crippen molar-refractivity contribution in [2.24, 2.45) is 0 Å². The summed E-state index contributed by atoms with van der Waals surface area (Å²) in [5.41, 5.74) is 1.42. The lowest BCUT2D eigenvalue weighted by molar-refractivity contribution is 0.199. The Morgan fingerprint density at radius 2 is 2.12 bits per heavy atom. The van der Waals surface area contributed by atoms with E-state index in [0.29, 0.717) is 48.5 Å². The van der Waals surface area contributed by atoms with Crippen LogP contribution in [0, 0.1) is 17.1 Å². The number of nitrogens with zero attached hydrogens (tertiary/aromatic N) is 3. The molecule has 5 nitrogen and oxygen atoms in total. The van der Waals surface area contributed by atoms with Crippen LogP contribution >= 0.6 is 11.3 Å². The van der Waals surface area contributed by atoms with Gasteiger partial charge >= 0.3 is 0 Å². The van der Waals surface area contributed by atoms with Crippen LogP contribution in [-0.2, 0) is 17.7 Å². The second-order valence-corrected chi connectivity index (χ2v) is 6.68. The molecule has 0 saturated heterocycles. The molecule has 0 aliphatic heterocycles. The lowest BCUT2D eigenvalue weighted by atomic mass is 10.1. The summed E-state index contributed by atoms with van der Waals surface area (Å²) in [7, 11) is 1.61. The predicted molar refractivity (Wildman–Crippen MR) is 99.7 cm³/mol. The van der Waals surface area contributed by atoms with E-state index in [2.05, 4.69) is 11.1 Å². The molecule has 0 saturated carbocycles. The first-order valence-corrected chi connectivity index (χ1v) is 9.16. The van der Waals surface area contributed by atoms with Gasteiger partial charge in [-0.15, -0.1) is 11.3 Å². The number of methoxy groups -OCH3 is 1. The molecule has 2 aromatic heterocycles. The Morgan fingerprint density at radius 3 is 2.81 bits per heavy atom. The largest absolute Gasteiger partial charge is 0.384 e. The second-order valence-electron chi connectivity index (χ2n) is 5.83. The van der Waals surface area contributed by atoms with E-state index in [0.717, 1.165) is 11.1 Å². The van der Waals surface area contributed by atoms with Gasteiger partial charge in [-0.05, 0) is 24.1 Å². The summed E-state index contributed by atoms with van der Waals surface area (Å²) >= 11 is 1.40. The Labute approximate surface area is 154 Å². The van der Waals surface area contributed by atoms with Crippen molar-refractivity contribution in [1.82, 2.24) is 9.55 Å². The molecule has 3 rings (SSSR count). The van der Waals surface area contributed by atoms with Crippen molar-refractivity contribution < 1.29 is 9.13 Å². The zero-order chi connectivity index (χ0) is 18.5. The fourth-order valence-corrected chi connectivity index (χ4v) is 3.80. The van der Waals surface area contributed by atoms with Gasteiger partial charge < -0.3 is 4.74 Å². The summed E-state index contributed by atoms with van der Waals surface area (Å²) in [5, 5.41) is 11.2. The number of thiophene rings is 1. The Bertz CT molecular complexity index is 1000. The maximum atomic E-state index is 13.2. The number of unbranched alkanes of at least 4 members (excludes halogenated alkanes) is 1. The average molecular weight is 371 g/mol. The number of hydrogen-bond acceptors (Lipinski definition) is 5. The molecule has 0 aliphatic carbocycles. The molecule has 0 N–H and O–H groups in total. The molecule has 0 spiro atoms. The molecule has 0 radical (unpaired) electrons. The second kappa shape index (κ2) is 8.21. The van der Waals surface area contributed by atoms with Gasteiger partial charge in [0, 0.05) is 37.4 Å². The first-order chi connectivity index (χ1) is 12.7. The summed E-state index contributed by atoms with van der Waals surface area (Å²) < 4.78 is 20.0. The maximum absolute atomic E-state index is 13.2. The average Bonchev–Trinajstić information content (AvgIpc) is 3.07. The number of fused-ring (bicyclic) bond motifs is 1. The zero-order valence-electron chi connectivity index (χ0n) is 14.4. The van der Waals surface area contributed by atoms with Crippen LogP contribution in [0.1, 0.15) is 18.7 Å². The summed E-state index contributed by atoms with van der Waals surface area (Å²) in [4.78, 5) is 18.5. The number of benzene rings is 1. The van der Waals surface area contributed by atoms with Crippen molar-refractivity contribution in [2.45, 2.75) is 25.8 Å². The van der Waals surface area contributed by atoms with Crippen LogP contribution in [0.4, 0.5) is 4.39 Å². The van der Waals surface area contributed by atoms with Gasteiger partial charge in [0.15, 0.2) is 0 Å². The van der Waals surface area contributed by atoms with Crippen LogP contribution in [0.5, 0.6) is 0 Å². The quantitative estimate of drug-likeness (QED) is 0.593. The topological polar surface area (TPSA) is 67.9 Å². The SMILES string of the molecule is COCCc1nc2scc(-c3ccc(F)cc3)c2c(=O)n1CCCC#N.